The highest BCUT2D eigenvalue weighted by Crippen LogP contribution is 2.71. The quantitative estimate of drug-likeness (QED) is 0.582. The SMILES string of the molecule is C[C@H]1CC[C@@]2(OC1)O[C@H]1C[C@H]3[C@@H]4CC[C@H]5C[C@H](O)CC[C@]5(C)[C@H]4C[C@@H](N)[C@]3(C)[C@H]1[C@@H]2C. The Hall–Kier alpha value is -0.160. The summed E-state index contributed by atoms with van der Waals surface area (Å²) < 4.78 is 13.4. The van der Waals surface area contributed by atoms with Crippen molar-refractivity contribution in [3.05, 3.63) is 0 Å². The molecule has 0 bridgehead atoms. The molecule has 3 N–H and O–H groups in total. The Morgan fingerprint density at radius 1 is 0.935 bits per heavy atom. The number of hydrogen-bond acceptors (Lipinski definition) is 4. The Labute approximate surface area is 189 Å². The molecule has 0 aromatic heterocycles. The van der Waals surface area contributed by atoms with Crippen LogP contribution >= 0.6 is 0 Å². The van der Waals surface area contributed by atoms with Gasteiger partial charge in [-0.15, -0.1) is 0 Å². The molecular weight excluding hydrogens is 386 g/mol. The van der Waals surface area contributed by atoms with Gasteiger partial charge in [0, 0.05) is 24.3 Å². The van der Waals surface area contributed by atoms with E-state index in [9.17, 15) is 5.11 Å². The third kappa shape index (κ3) is 2.74. The normalized spacial score (nSPS) is 63.3. The number of nitrogens with two attached hydrogens (primary N) is 1. The van der Waals surface area contributed by atoms with E-state index >= 15 is 0 Å². The van der Waals surface area contributed by atoms with Gasteiger partial charge in [-0.25, -0.2) is 0 Å². The number of hydrogen-bond donors (Lipinski definition) is 2. The van der Waals surface area contributed by atoms with E-state index in [-0.39, 0.29) is 23.3 Å². The van der Waals surface area contributed by atoms with Crippen molar-refractivity contribution >= 4 is 0 Å². The summed E-state index contributed by atoms with van der Waals surface area (Å²) in [5.41, 5.74) is 7.72. The zero-order valence-electron chi connectivity index (χ0n) is 20.2. The summed E-state index contributed by atoms with van der Waals surface area (Å²) in [5.74, 6) is 4.13. The lowest BCUT2D eigenvalue weighted by molar-refractivity contribution is -0.273. The van der Waals surface area contributed by atoms with Gasteiger partial charge in [0.15, 0.2) is 5.79 Å². The molecule has 4 aliphatic carbocycles. The van der Waals surface area contributed by atoms with Gasteiger partial charge in [0.05, 0.1) is 18.8 Å². The van der Waals surface area contributed by atoms with Crippen LogP contribution in [0.25, 0.3) is 0 Å². The van der Waals surface area contributed by atoms with Crippen molar-refractivity contribution in [2.75, 3.05) is 6.61 Å². The van der Waals surface area contributed by atoms with Crippen molar-refractivity contribution in [3.8, 4) is 0 Å². The van der Waals surface area contributed by atoms with E-state index in [0.717, 1.165) is 37.7 Å². The second-order valence-electron chi connectivity index (χ2n) is 13.3. The van der Waals surface area contributed by atoms with Crippen molar-refractivity contribution in [1.82, 2.24) is 0 Å². The van der Waals surface area contributed by atoms with Gasteiger partial charge in [0.25, 0.3) is 0 Å². The summed E-state index contributed by atoms with van der Waals surface area (Å²) in [5, 5.41) is 10.3. The standard InChI is InChI=1S/C27H45NO3/c1-15-7-10-27(30-14-15)16(2)24-22(31-27)12-21-19-6-5-17-11-18(29)8-9-25(17,3)20(19)13-23(28)26(21,24)4/h15-24,29H,5-14,28H2,1-4H3/t15-,16-,17-,18+,19+,20-,21-,22-,23+,24-,25-,26+,27+/m0/s1. The molecule has 4 heteroatoms. The fourth-order valence-corrected chi connectivity index (χ4v) is 10.3. The highest BCUT2D eigenvalue weighted by atomic mass is 16.7. The van der Waals surface area contributed by atoms with Crippen LogP contribution < -0.4 is 5.73 Å². The maximum atomic E-state index is 10.3. The maximum Gasteiger partial charge on any atom is 0.171 e. The number of ether oxygens (including phenoxy) is 2. The first-order valence-corrected chi connectivity index (χ1v) is 13.4. The van der Waals surface area contributed by atoms with Gasteiger partial charge in [0.2, 0.25) is 0 Å². The molecule has 0 amide bonds. The number of aliphatic hydroxyl groups is 1. The lowest BCUT2D eigenvalue weighted by Gasteiger charge is -2.62. The molecule has 0 aromatic rings. The first-order valence-electron chi connectivity index (χ1n) is 13.4. The Bertz CT molecular complexity index is 719. The van der Waals surface area contributed by atoms with Gasteiger partial charge in [-0.2, -0.15) is 0 Å². The van der Waals surface area contributed by atoms with Crippen molar-refractivity contribution < 1.29 is 14.6 Å². The Morgan fingerprint density at radius 2 is 1.74 bits per heavy atom. The molecule has 0 radical (unpaired) electrons. The fourth-order valence-electron chi connectivity index (χ4n) is 10.3. The molecule has 2 saturated heterocycles. The summed E-state index contributed by atoms with van der Waals surface area (Å²) >= 11 is 0. The van der Waals surface area contributed by atoms with Crippen LogP contribution in [0.15, 0.2) is 0 Å². The predicted molar refractivity (Wildman–Crippen MR) is 121 cm³/mol. The maximum absolute atomic E-state index is 10.3. The van der Waals surface area contributed by atoms with Crippen molar-refractivity contribution in [2.45, 2.75) is 110 Å². The Balaban J connectivity index is 1.29. The third-order valence-corrected chi connectivity index (χ3v) is 12.1. The van der Waals surface area contributed by atoms with E-state index < -0.39 is 0 Å². The Kier molecular flexibility index (Phi) is 4.78. The van der Waals surface area contributed by atoms with Crippen LogP contribution in [0.2, 0.25) is 0 Å². The lowest BCUT2D eigenvalue weighted by Crippen LogP contribution is -2.61. The summed E-state index contributed by atoms with van der Waals surface area (Å²) in [6.45, 7) is 10.6. The van der Waals surface area contributed by atoms with E-state index in [4.69, 9.17) is 15.2 Å². The monoisotopic (exact) mass is 431 g/mol. The molecule has 1 spiro atoms. The van der Waals surface area contributed by atoms with Crippen molar-refractivity contribution in [2.24, 2.45) is 58.0 Å². The van der Waals surface area contributed by atoms with Crippen molar-refractivity contribution in [3.63, 3.8) is 0 Å². The van der Waals surface area contributed by atoms with Gasteiger partial charge in [-0.1, -0.05) is 27.7 Å². The summed E-state index contributed by atoms with van der Waals surface area (Å²) in [7, 11) is 0. The number of aliphatic hydroxyl groups excluding tert-OH is 1. The summed E-state index contributed by atoms with van der Waals surface area (Å²) in [4.78, 5) is 0. The smallest absolute Gasteiger partial charge is 0.171 e. The summed E-state index contributed by atoms with van der Waals surface area (Å²) in [6, 6.07) is 0.250. The van der Waals surface area contributed by atoms with Gasteiger partial charge < -0.3 is 20.3 Å². The van der Waals surface area contributed by atoms with E-state index in [1.807, 2.05) is 0 Å². The number of fused-ring (bicyclic) bond motifs is 7. The second-order valence-corrected chi connectivity index (χ2v) is 13.3. The minimum absolute atomic E-state index is 0.0772. The zero-order valence-corrected chi connectivity index (χ0v) is 20.2. The van der Waals surface area contributed by atoms with Crippen LogP contribution in [-0.4, -0.2) is 35.8 Å². The highest BCUT2D eigenvalue weighted by molar-refractivity contribution is 5.18. The van der Waals surface area contributed by atoms with E-state index in [2.05, 4.69) is 27.7 Å². The molecule has 31 heavy (non-hydrogen) atoms. The van der Waals surface area contributed by atoms with Crippen LogP contribution in [0.1, 0.15) is 85.5 Å². The molecule has 4 saturated carbocycles. The third-order valence-electron chi connectivity index (χ3n) is 12.1. The minimum atomic E-state index is -0.352. The molecule has 2 aliphatic heterocycles. The van der Waals surface area contributed by atoms with Crippen LogP contribution in [0, 0.1) is 52.3 Å². The molecule has 4 nitrogen and oxygen atoms in total. The van der Waals surface area contributed by atoms with Crippen LogP contribution in [0.5, 0.6) is 0 Å². The van der Waals surface area contributed by atoms with Crippen LogP contribution in [0.3, 0.4) is 0 Å². The molecule has 6 rings (SSSR count). The van der Waals surface area contributed by atoms with Gasteiger partial charge in [-0.3, -0.25) is 0 Å². The molecule has 13 atom stereocenters. The van der Waals surface area contributed by atoms with E-state index in [1.165, 1.54) is 38.5 Å². The molecular formula is C27H45NO3. The summed E-state index contributed by atoms with van der Waals surface area (Å²) in [6.07, 6.45) is 10.7. The fraction of sp³-hybridized carbons (Fsp3) is 1.00. The second kappa shape index (κ2) is 6.93. The largest absolute Gasteiger partial charge is 0.393 e. The molecule has 2 heterocycles. The predicted octanol–water partition coefficient (Wildman–Crippen LogP) is 4.73. The molecule has 176 valence electrons. The average Bonchev–Trinajstić information content (AvgIpc) is 3.18. The topological polar surface area (TPSA) is 64.7 Å². The van der Waals surface area contributed by atoms with Gasteiger partial charge in [-0.05, 0) is 91.8 Å². The minimum Gasteiger partial charge on any atom is -0.393 e. The average molecular weight is 432 g/mol. The van der Waals surface area contributed by atoms with E-state index in [1.54, 1.807) is 0 Å². The Morgan fingerprint density at radius 3 is 2.48 bits per heavy atom. The first-order chi connectivity index (χ1) is 14.7. The molecule has 6 fully saturated rings. The van der Waals surface area contributed by atoms with Gasteiger partial charge in [0.1, 0.15) is 0 Å². The lowest BCUT2D eigenvalue weighted by atomic mass is 9.43. The van der Waals surface area contributed by atoms with Crippen LogP contribution in [-0.2, 0) is 9.47 Å². The van der Waals surface area contributed by atoms with E-state index in [0.29, 0.717) is 41.1 Å². The molecule has 6 aliphatic rings. The molecule has 0 unspecified atom stereocenters. The highest BCUT2D eigenvalue weighted by Gasteiger charge is 2.71. The van der Waals surface area contributed by atoms with Gasteiger partial charge >= 0.3 is 0 Å². The van der Waals surface area contributed by atoms with Crippen LogP contribution in [0.4, 0.5) is 0 Å². The van der Waals surface area contributed by atoms with Crippen molar-refractivity contribution in [1.29, 1.82) is 0 Å². The zero-order chi connectivity index (χ0) is 21.8. The number of rotatable bonds is 0. The first kappa shape index (κ1) is 21.4. The molecule has 0 aromatic carbocycles.